The molecule has 0 heterocycles. The molecule has 154 valence electrons. The van der Waals surface area contributed by atoms with Gasteiger partial charge in [0.2, 0.25) is 15.9 Å². The first-order valence-electron chi connectivity index (χ1n) is 8.95. The summed E-state index contributed by atoms with van der Waals surface area (Å²) in [6.07, 6.45) is 2.89. The van der Waals surface area contributed by atoms with Gasteiger partial charge < -0.3 is 15.8 Å². The molecule has 1 aliphatic carbocycles. The smallest absolute Gasteiger partial charge is 0.241 e. The van der Waals surface area contributed by atoms with Gasteiger partial charge in [0.1, 0.15) is 11.8 Å². The second-order valence-corrected chi connectivity index (χ2v) is 8.77. The van der Waals surface area contributed by atoms with Gasteiger partial charge >= 0.3 is 0 Å². The van der Waals surface area contributed by atoms with Crippen molar-refractivity contribution in [2.24, 2.45) is 17.6 Å². The quantitative estimate of drug-likeness (QED) is 0.593. The molecule has 0 radical (unpaired) electrons. The average molecular weight is 420 g/mol. The molecule has 0 spiro atoms. The fourth-order valence-corrected chi connectivity index (χ4v) is 4.61. The summed E-state index contributed by atoms with van der Waals surface area (Å²) in [5.41, 5.74) is 5.76. The first-order valence-corrected chi connectivity index (χ1v) is 10.4. The zero-order valence-corrected chi connectivity index (χ0v) is 17.6. The molecule has 0 aromatic heterocycles. The Morgan fingerprint density at radius 2 is 1.89 bits per heavy atom. The molecule has 0 bridgehead atoms. The van der Waals surface area contributed by atoms with Gasteiger partial charge in [-0.25, -0.2) is 8.42 Å². The topological polar surface area (TPSA) is 111 Å². The molecule has 1 fully saturated rings. The maximum atomic E-state index is 12.7. The molecule has 0 aliphatic heterocycles. The van der Waals surface area contributed by atoms with E-state index in [2.05, 4.69) is 10.0 Å². The number of hydrogen-bond acceptors (Lipinski definition) is 5. The molecule has 9 heteroatoms. The molecule has 27 heavy (non-hydrogen) atoms. The van der Waals surface area contributed by atoms with Crippen LogP contribution in [0.4, 0.5) is 0 Å². The van der Waals surface area contributed by atoms with Crippen LogP contribution >= 0.6 is 12.4 Å². The van der Waals surface area contributed by atoms with Crippen molar-refractivity contribution in [3.05, 3.63) is 24.3 Å². The van der Waals surface area contributed by atoms with Crippen molar-refractivity contribution in [3.8, 4) is 5.75 Å². The molecule has 1 amide bonds. The van der Waals surface area contributed by atoms with E-state index in [0.29, 0.717) is 12.3 Å². The van der Waals surface area contributed by atoms with Gasteiger partial charge in [-0.2, -0.15) is 4.72 Å². The Bertz CT molecular complexity index is 710. The lowest BCUT2D eigenvalue weighted by molar-refractivity contribution is -0.124. The number of carbonyl (C=O) groups is 1. The van der Waals surface area contributed by atoms with Gasteiger partial charge in [-0.1, -0.05) is 20.3 Å². The van der Waals surface area contributed by atoms with E-state index in [-0.39, 0.29) is 41.1 Å². The fraction of sp³-hybridized carbons (Fsp3) is 0.611. The molecule has 2 rings (SSSR count). The molecule has 1 aromatic carbocycles. The van der Waals surface area contributed by atoms with Crippen molar-refractivity contribution in [1.82, 2.24) is 10.0 Å². The number of hydrogen-bond donors (Lipinski definition) is 3. The first kappa shape index (κ1) is 23.7. The second-order valence-electron chi connectivity index (χ2n) is 7.06. The molecular weight excluding hydrogens is 390 g/mol. The number of rotatable bonds is 8. The highest BCUT2D eigenvalue weighted by atomic mass is 35.5. The molecule has 1 aromatic rings. The average Bonchev–Trinajstić information content (AvgIpc) is 3.06. The molecule has 3 atom stereocenters. The first-order chi connectivity index (χ1) is 12.3. The van der Waals surface area contributed by atoms with Crippen LogP contribution < -0.4 is 20.5 Å². The van der Waals surface area contributed by atoms with Crippen LogP contribution in [0.25, 0.3) is 0 Å². The minimum atomic E-state index is -3.82. The van der Waals surface area contributed by atoms with Gasteiger partial charge in [0, 0.05) is 6.04 Å². The van der Waals surface area contributed by atoms with Crippen molar-refractivity contribution in [2.45, 2.75) is 50.1 Å². The molecule has 7 nitrogen and oxygen atoms in total. The van der Waals surface area contributed by atoms with Crippen LogP contribution in [-0.4, -0.2) is 40.1 Å². The Morgan fingerprint density at radius 1 is 1.26 bits per heavy atom. The van der Waals surface area contributed by atoms with Crippen molar-refractivity contribution >= 4 is 28.3 Å². The number of nitrogens with two attached hydrogens (primary N) is 1. The Hall–Kier alpha value is -1.35. The minimum absolute atomic E-state index is 0. The van der Waals surface area contributed by atoms with Crippen LogP contribution in [-0.2, 0) is 14.8 Å². The zero-order valence-electron chi connectivity index (χ0n) is 16.0. The highest BCUT2D eigenvalue weighted by molar-refractivity contribution is 7.89. The van der Waals surface area contributed by atoms with Crippen molar-refractivity contribution in [1.29, 1.82) is 0 Å². The molecule has 1 saturated carbocycles. The van der Waals surface area contributed by atoms with E-state index in [1.54, 1.807) is 12.1 Å². The van der Waals surface area contributed by atoms with Crippen molar-refractivity contribution in [2.75, 3.05) is 13.7 Å². The largest absolute Gasteiger partial charge is 0.497 e. The third kappa shape index (κ3) is 6.07. The van der Waals surface area contributed by atoms with E-state index < -0.39 is 16.1 Å². The summed E-state index contributed by atoms with van der Waals surface area (Å²) in [6.45, 7) is 4.15. The van der Waals surface area contributed by atoms with Crippen LogP contribution in [0, 0.1) is 11.8 Å². The fourth-order valence-electron chi connectivity index (χ4n) is 3.26. The standard InChI is InChI=1S/C18H29N3O4S.ClH/c1-12(2)17(18(22)20-16-6-4-5-13(16)11-19)21-26(23,24)15-9-7-14(25-3)8-10-15;/h7-10,12-13,16-17,21H,4-6,11,19H2,1-3H3,(H,20,22);1H. The highest BCUT2D eigenvalue weighted by Gasteiger charge is 2.33. The van der Waals surface area contributed by atoms with Crippen LogP contribution in [0.1, 0.15) is 33.1 Å². The number of benzene rings is 1. The Kier molecular flexibility index (Phi) is 9.01. The zero-order chi connectivity index (χ0) is 19.3. The molecule has 4 N–H and O–H groups in total. The van der Waals surface area contributed by atoms with Crippen molar-refractivity contribution in [3.63, 3.8) is 0 Å². The normalized spacial score (nSPS) is 20.8. The summed E-state index contributed by atoms with van der Waals surface area (Å²) >= 11 is 0. The van der Waals surface area contributed by atoms with Gasteiger partial charge in [0.15, 0.2) is 0 Å². The van der Waals surface area contributed by atoms with E-state index in [4.69, 9.17) is 10.5 Å². The third-order valence-corrected chi connectivity index (χ3v) is 6.35. The minimum Gasteiger partial charge on any atom is -0.497 e. The number of carbonyl (C=O) groups excluding carboxylic acids is 1. The molecule has 1 aliphatic rings. The van der Waals surface area contributed by atoms with E-state index >= 15 is 0 Å². The lowest BCUT2D eigenvalue weighted by atomic mass is 10.0. The van der Waals surface area contributed by atoms with Gasteiger partial charge in [0.05, 0.1) is 12.0 Å². The number of halogens is 1. The Morgan fingerprint density at radius 3 is 2.41 bits per heavy atom. The van der Waals surface area contributed by atoms with Gasteiger partial charge in [-0.3, -0.25) is 4.79 Å². The number of nitrogens with one attached hydrogen (secondary N) is 2. The maximum absolute atomic E-state index is 12.7. The second kappa shape index (κ2) is 10.3. The van der Waals surface area contributed by atoms with Crippen LogP contribution in [0.15, 0.2) is 29.2 Å². The van der Waals surface area contributed by atoms with Gasteiger partial charge in [-0.05, 0) is 55.5 Å². The third-order valence-electron chi connectivity index (χ3n) is 4.89. The van der Waals surface area contributed by atoms with E-state index in [1.165, 1.54) is 19.2 Å². The predicted octanol–water partition coefficient (Wildman–Crippen LogP) is 1.66. The van der Waals surface area contributed by atoms with Crippen LogP contribution in [0.3, 0.4) is 0 Å². The molecule has 0 saturated heterocycles. The van der Waals surface area contributed by atoms with E-state index in [1.807, 2.05) is 13.8 Å². The summed E-state index contributed by atoms with van der Waals surface area (Å²) < 4.78 is 32.9. The maximum Gasteiger partial charge on any atom is 0.241 e. The highest BCUT2D eigenvalue weighted by Crippen LogP contribution is 2.25. The number of ether oxygens (including phenoxy) is 1. The number of sulfonamides is 1. The summed E-state index contributed by atoms with van der Waals surface area (Å²) in [5.74, 6) is 0.323. The summed E-state index contributed by atoms with van der Waals surface area (Å²) in [6, 6.07) is 5.23. The molecular formula is C18H30ClN3O4S. The number of amides is 1. The Balaban J connectivity index is 0.00000364. The Labute approximate surface area is 167 Å². The monoisotopic (exact) mass is 419 g/mol. The van der Waals surface area contributed by atoms with E-state index in [0.717, 1.165) is 19.3 Å². The summed E-state index contributed by atoms with van der Waals surface area (Å²) in [7, 11) is -2.31. The lowest BCUT2D eigenvalue weighted by Crippen LogP contribution is -2.53. The molecule has 3 unspecified atom stereocenters. The summed E-state index contributed by atoms with van der Waals surface area (Å²) in [5, 5.41) is 2.99. The summed E-state index contributed by atoms with van der Waals surface area (Å²) in [4.78, 5) is 12.8. The lowest BCUT2D eigenvalue weighted by Gasteiger charge is -2.26. The van der Waals surface area contributed by atoms with E-state index in [9.17, 15) is 13.2 Å². The SMILES string of the molecule is COc1ccc(S(=O)(=O)NC(C(=O)NC2CCCC2CN)C(C)C)cc1.Cl. The van der Waals surface area contributed by atoms with Crippen molar-refractivity contribution < 1.29 is 17.9 Å². The predicted molar refractivity (Wildman–Crippen MR) is 108 cm³/mol. The number of methoxy groups -OCH3 is 1. The van der Waals surface area contributed by atoms with Gasteiger partial charge in [0.25, 0.3) is 0 Å². The van der Waals surface area contributed by atoms with Gasteiger partial charge in [-0.15, -0.1) is 12.4 Å². The van der Waals surface area contributed by atoms with Crippen LogP contribution in [0.2, 0.25) is 0 Å². The van der Waals surface area contributed by atoms with Crippen LogP contribution in [0.5, 0.6) is 5.75 Å².